The van der Waals surface area contributed by atoms with Crippen LogP contribution in [-0.4, -0.2) is 25.8 Å². The van der Waals surface area contributed by atoms with Crippen LogP contribution in [0.2, 0.25) is 0 Å². The third kappa shape index (κ3) is 4.23. The number of fused-ring (bicyclic) bond motifs is 1. The van der Waals surface area contributed by atoms with E-state index in [-0.39, 0.29) is 12.5 Å². The molecule has 3 rings (SSSR count). The predicted molar refractivity (Wildman–Crippen MR) is 99.2 cm³/mol. The number of hydrogen-bond acceptors (Lipinski definition) is 4. The Morgan fingerprint density at radius 3 is 2.56 bits per heavy atom. The highest BCUT2D eigenvalue weighted by Gasteiger charge is 2.08. The molecule has 0 heterocycles. The van der Waals surface area contributed by atoms with E-state index in [0.29, 0.717) is 6.61 Å². The van der Waals surface area contributed by atoms with Crippen LogP contribution in [0.5, 0.6) is 5.75 Å². The van der Waals surface area contributed by atoms with Crippen LogP contribution in [0.15, 0.2) is 71.7 Å². The number of aliphatic imine (C=N–C) groups is 1. The van der Waals surface area contributed by atoms with E-state index in [4.69, 9.17) is 4.74 Å². The number of esters is 1. The first kappa shape index (κ1) is 16.7. The van der Waals surface area contributed by atoms with Gasteiger partial charge in [-0.2, -0.15) is 0 Å². The molecule has 0 aliphatic carbocycles. The molecule has 0 saturated carbocycles. The molecule has 0 saturated heterocycles. The Morgan fingerprint density at radius 2 is 1.76 bits per heavy atom. The summed E-state index contributed by atoms with van der Waals surface area (Å²) >= 11 is 0. The summed E-state index contributed by atoms with van der Waals surface area (Å²) in [5, 5.41) is 2.12. The summed E-state index contributed by atoms with van der Waals surface area (Å²) in [6.07, 6.45) is 1.68. The van der Waals surface area contributed by atoms with Gasteiger partial charge in [0.15, 0.2) is 0 Å². The van der Waals surface area contributed by atoms with E-state index in [1.165, 1.54) is 7.11 Å². The number of carbonyl (C=O) groups is 1. The van der Waals surface area contributed by atoms with Crippen molar-refractivity contribution in [2.45, 2.75) is 6.61 Å². The predicted octanol–water partition coefficient (Wildman–Crippen LogP) is 4.01. The molecule has 126 valence electrons. The smallest absolute Gasteiger partial charge is 0.327 e. The Morgan fingerprint density at radius 1 is 1.00 bits per heavy atom. The molecular formula is C21H19NO3. The average Bonchev–Trinajstić information content (AvgIpc) is 2.67. The summed E-state index contributed by atoms with van der Waals surface area (Å²) in [7, 11) is 1.35. The minimum atomic E-state index is -0.372. The van der Waals surface area contributed by atoms with Crippen LogP contribution >= 0.6 is 0 Å². The lowest BCUT2D eigenvalue weighted by Crippen LogP contribution is -2.05. The fourth-order valence-electron chi connectivity index (χ4n) is 2.55. The number of carbonyl (C=O) groups excluding carboxylic acids is 1. The van der Waals surface area contributed by atoms with Crippen LogP contribution in [0.1, 0.15) is 11.1 Å². The second-order valence-corrected chi connectivity index (χ2v) is 5.52. The molecule has 4 nitrogen and oxygen atoms in total. The highest BCUT2D eigenvalue weighted by atomic mass is 16.5. The van der Waals surface area contributed by atoms with Crippen molar-refractivity contribution in [3.63, 3.8) is 0 Å². The van der Waals surface area contributed by atoms with Crippen molar-refractivity contribution in [1.29, 1.82) is 0 Å². The van der Waals surface area contributed by atoms with E-state index in [0.717, 1.165) is 27.6 Å². The Kier molecular flexibility index (Phi) is 5.42. The van der Waals surface area contributed by atoms with Gasteiger partial charge in [0.2, 0.25) is 0 Å². The van der Waals surface area contributed by atoms with E-state index in [1.54, 1.807) is 6.21 Å². The van der Waals surface area contributed by atoms with Crippen LogP contribution in [0.4, 0.5) is 0 Å². The topological polar surface area (TPSA) is 47.9 Å². The summed E-state index contributed by atoms with van der Waals surface area (Å²) in [6, 6.07) is 22.0. The molecule has 0 fully saturated rings. The third-order valence-corrected chi connectivity index (χ3v) is 3.84. The van der Waals surface area contributed by atoms with Crippen molar-refractivity contribution in [1.82, 2.24) is 0 Å². The van der Waals surface area contributed by atoms with Crippen molar-refractivity contribution in [2.75, 3.05) is 13.7 Å². The van der Waals surface area contributed by atoms with Gasteiger partial charge in [0, 0.05) is 11.8 Å². The van der Waals surface area contributed by atoms with Crippen molar-refractivity contribution < 1.29 is 14.3 Å². The number of hydrogen-bond donors (Lipinski definition) is 0. The highest BCUT2D eigenvalue weighted by Crippen LogP contribution is 2.27. The fourth-order valence-corrected chi connectivity index (χ4v) is 2.55. The van der Waals surface area contributed by atoms with E-state index >= 15 is 0 Å². The highest BCUT2D eigenvalue weighted by molar-refractivity contribution is 6.02. The van der Waals surface area contributed by atoms with E-state index in [9.17, 15) is 4.79 Å². The second-order valence-electron chi connectivity index (χ2n) is 5.52. The van der Waals surface area contributed by atoms with Crippen LogP contribution in [0.3, 0.4) is 0 Å². The summed E-state index contributed by atoms with van der Waals surface area (Å²) < 4.78 is 10.6. The van der Waals surface area contributed by atoms with Gasteiger partial charge >= 0.3 is 5.97 Å². The standard InChI is InChI=1S/C21H19NO3/c1-24-21(23)14-22-13-19-18-10-6-5-9-17(18)11-12-20(19)25-15-16-7-3-2-4-8-16/h2-13H,14-15H2,1H3. The molecule has 3 aromatic rings. The average molecular weight is 333 g/mol. The van der Waals surface area contributed by atoms with E-state index in [1.807, 2.05) is 66.7 Å². The zero-order chi connectivity index (χ0) is 17.5. The molecule has 0 spiro atoms. The molecule has 0 N–H and O–H groups in total. The quantitative estimate of drug-likeness (QED) is 0.506. The van der Waals surface area contributed by atoms with Gasteiger partial charge in [-0.15, -0.1) is 0 Å². The lowest BCUT2D eigenvalue weighted by Gasteiger charge is -2.12. The largest absolute Gasteiger partial charge is 0.488 e. The normalized spacial score (nSPS) is 10.9. The Balaban J connectivity index is 1.90. The number of rotatable bonds is 6. The number of ether oxygens (including phenoxy) is 2. The summed E-state index contributed by atoms with van der Waals surface area (Å²) in [4.78, 5) is 15.5. The van der Waals surface area contributed by atoms with Gasteiger partial charge in [-0.25, -0.2) is 0 Å². The molecule has 0 aliphatic rings. The van der Waals surface area contributed by atoms with Gasteiger partial charge in [-0.05, 0) is 22.4 Å². The molecule has 0 unspecified atom stereocenters. The van der Waals surface area contributed by atoms with E-state index < -0.39 is 0 Å². The first-order chi connectivity index (χ1) is 12.3. The van der Waals surface area contributed by atoms with Crippen LogP contribution in [0, 0.1) is 0 Å². The first-order valence-electron chi connectivity index (χ1n) is 8.03. The Bertz CT molecular complexity index is 888. The molecule has 0 radical (unpaired) electrons. The first-order valence-corrected chi connectivity index (χ1v) is 8.03. The zero-order valence-corrected chi connectivity index (χ0v) is 14.0. The summed E-state index contributed by atoms with van der Waals surface area (Å²) in [5.41, 5.74) is 1.95. The van der Waals surface area contributed by atoms with Crippen molar-refractivity contribution in [2.24, 2.45) is 4.99 Å². The maximum absolute atomic E-state index is 11.3. The molecular weight excluding hydrogens is 314 g/mol. The van der Waals surface area contributed by atoms with Gasteiger partial charge in [-0.1, -0.05) is 60.7 Å². The van der Waals surface area contributed by atoms with Crippen molar-refractivity contribution in [3.05, 3.63) is 77.9 Å². The molecule has 25 heavy (non-hydrogen) atoms. The molecule has 3 aromatic carbocycles. The van der Waals surface area contributed by atoms with Gasteiger partial charge in [0.25, 0.3) is 0 Å². The SMILES string of the molecule is COC(=O)CN=Cc1c(OCc2ccccc2)ccc2ccccc12. The van der Waals surface area contributed by atoms with Gasteiger partial charge in [0.05, 0.1) is 7.11 Å². The maximum Gasteiger partial charge on any atom is 0.327 e. The Labute approximate surface area is 146 Å². The zero-order valence-electron chi connectivity index (χ0n) is 14.0. The van der Waals surface area contributed by atoms with Gasteiger partial charge < -0.3 is 9.47 Å². The van der Waals surface area contributed by atoms with Crippen LogP contribution < -0.4 is 4.74 Å². The van der Waals surface area contributed by atoms with Crippen LogP contribution in [-0.2, 0) is 16.1 Å². The second kappa shape index (κ2) is 8.11. The molecule has 0 aliphatic heterocycles. The number of nitrogens with zero attached hydrogens (tertiary/aromatic N) is 1. The van der Waals surface area contributed by atoms with E-state index in [2.05, 4.69) is 9.73 Å². The number of benzene rings is 3. The summed E-state index contributed by atoms with van der Waals surface area (Å²) in [6.45, 7) is 0.453. The molecule has 0 amide bonds. The van der Waals surface area contributed by atoms with Gasteiger partial charge in [0.1, 0.15) is 18.9 Å². The lowest BCUT2D eigenvalue weighted by atomic mass is 10.0. The third-order valence-electron chi connectivity index (χ3n) is 3.84. The molecule has 0 bridgehead atoms. The molecule has 0 aromatic heterocycles. The Hall–Kier alpha value is -3.14. The monoisotopic (exact) mass is 333 g/mol. The number of methoxy groups -OCH3 is 1. The lowest BCUT2D eigenvalue weighted by molar-refractivity contribution is -0.138. The minimum absolute atomic E-state index is 0.0160. The fraction of sp³-hybridized carbons (Fsp3) is 0.143. The molecule has 0 atom stereocenters. The summed E-state index contributed by atoms with van der Waals surface area (Å²) in [5.74, 6) is 0.361. The van der Waals surface area contributed by atoms with Crippen molar-refractivity contribution in [3.8, 4) is 5.75 Å². The molecule has 4 heteroatoms. The van der Waals surface area contributed by atoms with Crippen molar-refractivity contribution >= 4 is 23.0 Å². The van der Waals surface area contributed by atoms with Crippen LogP contribution in [0.25, 0.3) is 10.8 Å². The maximum atomic E-state index is 11.3. The van der Waals surface area contributed by atoms with Gasteiger partial charge in [-0.3, -0.25) is 9.79 Å². The minimum Gasteiger partial charge on any atom is -0.488 e.